The van der Waals surface area contributed by atoms with Gasteiger partial charge in [-0.05, 0) is 12.1 Å². The first-order valence-corrected chi connectivity index (χ1v) is 6.73. The van der Waals surface area contributed by atoms with Crippen LogP contribution in [0.3, 0.4) is 0 Å². The minimum atomic E-state index is -3.52. The Hall–Kier alpha value is -1.54. The molecule has 0 bridgehead atoms. The summed E-state index contributed by atoms with van der Waals surface area (Å²) in [6, 6.07) is 3.54. The van der Waals surface area contributed by atoms with Gasteiger partial charge in [-0.1, -0.05) is 0 Å². The Kier molecular flexibility index (Phi) is 3.07. The van der Waals surface area contributed by atoms with Crippen molar-refractivity contribution in [3.8, 4) is 0 Å². The average molecular weight is 260 g/mol. The molecule has 1 atom stereocenters. The summed E-state index contributed by atoms with van der Waals surface area (Å²) in [5, 5.41) is 1.36. The Morgan fingerprint density at radius 1 is 1.47 bits per heavy atom. The molecule has 0 unspecified atom stereocenters. The summed E-state index contributed by atoms with van der Waals surface area (Å²) in [5.74, 6) is 0. The van der Waals surface area contributed by atoms with E-state index in [1.54, 1.807) is 29.2 Å². The predicted molar refractivity (Wildman–Crippen MR) is 58.6 cm³/mol. The number of nitrogens with zero attached hydrogens (tertiary/aromatic N) is 2. The maximum atomic E-state index is 11.5. The van der Waals surface area contributed by atoms with Gasteiger partial charge >= 0.3 is 6.09 Å². The number of cyclic esters (lactones) is 1. The van der Waals surface area contributed by atoms with E-state index < -0.39 is 22.3 Å². The van der Waals surface area contributed by atoms with Crippen molar-refractivity contribution in [1.82, 2.24) is 4.68 Å². The van der Waals surface area contributed by atoms with Gasteiger partial charge in [-0.2, -0.15) is 8.42 Å². The van der Waals surface area contributed by atoms with E-state index in [4.69, 9.17) is 4.74 Å². The molecule has 0 aromatic carbocycles. The van der Waals surface area contributed by atoms with E-state index in [-0.39, 0.29) is 13.2 Å². The number of hydrogen-bond donors (Lipinski definition) is 0. The van der Waals surface area contributed by atoms with Gasteiger partial charge in [0.05, 0.1) is 12.8 Å². The van der Waals surface area contributed by atoms with Gasteiger partial charge in [0.2, 0.25) is 0 Å². The second-order valence-electron chi connectivity index (χ2n) is 3.64. The van der Waals surface area contributed by atoms with Crippen LogP contribution < -0.4 is 5.01 Å². The quantitative estimate of drug-likeness (QED) is 0.708. The molecule has 94 valence electrons. The molecule has 1 aromatic rings. The first-order chi connectivity index (χ1) is 7.96. The van der Waals surface area contributed by atoms with E-state index in [0.29, 0.717) is 0 Å². The molecule has 2 rings (SSSR count). The highest BCUT2D eigenvalue weighted by Gasteiger charge is 2.33. The van der Waals surface area contributed by atoms with Crippen LogP contribution in [0.5, 0.6) is 0 Å². The van der Waals surface area contributed by atoms with Gasteiger partial charge in [0.15, 0.2) is 0 Å². The molecule has 0 saturated carbocycles. The van der Waals surface area contributed by atoms with Crippen LogP contribution >= 0.6 is 0 Å². The Morgan fingerprint density at radius 3 is 2.71 bits per heavy atom. The second kappa shape index (κ2) is 4.38. The molecule has 0 N–H and O–H groups in total. The molecule has 7 nitrogen and oxygen atoms in total. The van der Waals surface area contributed by atoms with Crippen molar-refractivity contribution in [2.45, 2.75) is 6.10 Å². The molecule has 1 amide bonds. The molecule has 0 radical (unpaired) electrons. The minimum Gasteiger partial charge on any atom is -0.440 e. The van der Waals surface area contributed by atoms with Crippen LogP contribution in [0.15, 0.2) is 24.5 Å². The van der Waals surface area contributed by atoms with Crippen molar-refractivity contribution >= 4 is 16.2 Å². The predicted octanol–water partition coefficient (Wildman–Crippen LogP) is -0.0789. The molecule has 1 aromatic heterocycles. The number of carbonyl (C=O) groups is 1. The summed E-state index contributed by atoms with van der Waals surface area (Å²) in [7, 11) is -3.52. The highest BCUT2D eigenvalue weighted by molar-refractivity contribution is 7.85. The minimum absolute atomic E-state index is 0.164. The molecule has 1 saturated heterocycles. The number of aromatic nitrogens is 1. The molecule has 1 aliphatic rings. The summed E-state index contributed by atoms with van der Waals surface area (Å²) in [6.45, 7) is 0.0887. The fourth-order valence-electron chi connectivity index (χ4n) is 1.47. The third-order valence-electron chi connectivity index (χ3n) is 2.19. The van der Waals surface area contributed by atoms with Crippen LogP contribution in [0, 0.1) is 0 Å². The SMILES string of the molecule is CS(=O)(=O)OC[C@@H]1CN(n2cccc2)C(=O)O1. The molecule has 17 heavy (non-hydrogen) atoms. The second-order valence-corrected chi connectivity index (χ2v) is 5.28. The van der Waals surface area contributed by atoms with Gasteiger partial charge in [-0.15, -0.1) is 0 Å². The van der Waals surface area contributed by atoms with Gasteiger partial charge in [0.1, 0.15) is 12.7 Å². The van der Waals surface area contributed by atoms with Crippen molar-refractivity contribution in [1.29, 1.82) is 0 Å². The van der Waals surface area contributed by atoms with Crippen LogP contribution in [0.25, 0.3) is 0 Å². The number of carbonyl (C=O) groups excluding carboxylic acids is 1. The van der Waals surface area contributed by atoms with Crippen LogP contribution in [-0.2, 0) is 19.0 Å². The fourth-order valence-corrected chi connectivity index (χ4v) is 1.87. The van der Waals surface area contributed by atoms with Crippen molar-refractivity contribution in [2.75, 3.05) is 24.4 Å². The topological polar surface area (TPSA) is 77.8 Å². The lowest BCUT2D eigenvalue weighted by Gasteiger charge is -2.13. The molecular formula is C9H12N2O5S. The van der Waals surface area contributed by atoms with Crippen LogP contribution in [-0.4, -0.2) is 44.7 Å². The third kappa shape index (κ3) is 2.98. The van der Waals surface area contributed by atoms with Crippen molar-refractivity contribution in [3.05, 3.63) is 24.5 Å². The van der Waals surface area contributed by atoms with Gasteiger partial charge in [0.25, 0.3) is 10.1 Å². The number of hydrogen-bond acceptors (Lipinski definition) is 5. The Labute approximate surface area is 98.6 Å². The van der Waals surface area contributed by atoms with Crippen molar-refractivity contribution in [2.24, 2.45) is 0 Å². The zero-order valence-corrected chi connectivity index (χ0v) is 9.96. The zero-order chi connectivity index (χ0) is 12.5. The summed E-state index contributed by atoms with van der Waals surface area (Å²) < 4.78 is 32.7. The van der Waals surface area contributed by atoms with E-state index in [1.165, 1.54) is 5.01 Å². The van der Waals surface area contributed by atoms with E-state index >= 15 is 0 Å². The largest absolute Gasteiger partial charge is 0.440 e. The standard InChI is InChI=1S/C9H12N2O5S/c1-17(13,14)15-7-8-6-11(9(12)16-8)10-4-2-3-5-10/h2-5,8H,6-7H2,1H3/t8-/m0/s1. The van der Waals surface area contributed by atoms with Gasteiger partial charge in [0, 0.05) is 12.4 Å². The van der Waals surface area contributed by atoms with Crippen molar-refractivity contribution < 1.29 is 22.1 Å². The molecule has 1 fully saturated rings. The first kappa shape index (κ1) is 11.9. The lowest BCUT2D eigenvalue weighted by atomic mass is 10.4. The van der Waals surface area contributed by atoms with Crippen molar-refractivity contribution in [3.63, 3.8) is 0 Å². The maximum Gasteiger partial charge on any atom is 0.429 e. The Bertz CT molecular complexity index is 495. The summed E-state index contributed by atoms with van der Waals surface area (Å²) in [6.07, 6.45) is 3.23. The van der Waals surface area contributed by atoms with Crippen LogP contribution in [0.4, 0.5) is 4.79 Å². The van der Waals surface area contributed by atoms with Crippen LogP contribution in [0.2, 0.25) is 0 Å². The third-order valence-corrected chi connectivity index (χ3v) is 2.75. The van der Waals surface area contributed by atoms with Crippen LogP contribution in [0.1, 0.15) is 0 Å². The summed E-state index contributed by atoms with van der Waals surface area (Å²) in [4.78, 5) is 11.5. The Balaban J connectivity index is 1.96. The highest BCUT2D eigenvalue weighted by Crippen LogP contribution is 2.11. The van der Waals surface area contributed by atoms with E-state index in [9.17, 15) is 13.2 Å². The molecule has 0 spiro atoms. The molecule has 0 aliphatic carbocycles. The summed E-state index contributed by atoms with van der Waals surface area (Å²) >= 11 is 0. The maximum absolute atomic E-state index is 11.5. The lowest BCUT2D eigenvalue weighted by Crippen LogP contribution is -2.35. The Morgan fingerprint density at radius 2 is 2.12 bits per heavy atom. The average Bonchev–Trinajstić information content (AvgIpc) is 2.82. The molecule has 2 heterocycles. The molecule has 8 heteroatoms. The smallest absolute Gasteiger partial charge is 0.429 e. The van der Waals surface area contributed by atoms with Gasteiger partial charge in [-0.3, -0.25) is 8.86 Å². The highest BCUT2D eigenvalue weighted by atomic mass is 32.2. The molecular weight excluding hydrogens is 248 g/mol. The monoisotopic (exact) mass is 260 g/mol. The van der Waals surface area contributed by atoms with E-state index in [1.807, 2.05) is 0 Å². The first-order valence-electron chi connectivity index (χ1n) is 4.91. The van der Waals surface area contributed by atoms with E-state index in [2.05, 4.69) is 4.18 Å². The lowest BCUT2D eigenvalue weighted by molar-refractivity contribution is 0.107. The molecule has 1 aliphatic heterocycles. The van der Waals surface area contributed by atoms with Gasteiger partial charge in [-0.25, -0.2) is 9.80 Å². The number of ether oxygens (including phenoxy) is 1. The number of rotatable bonds is 4. The van der Waals surface area contributed by atoms with Gasteiger partial charge < -0.3 is 4.74 Å². The fraction of sp³-hybridized carbons (Fsp3) is 0.444. The normalized spacial score (nSPS) is 20.6. The summed E-state index contributed by atoms with van der Waals surface area (Å²) in [5.41, 5.74) is 0. The zero-order valence-electron chi connectivity index (χ0n) is 9.14. The number of amides is 1. The van der Waals surface area contributed by atoms with E-state index in [0.717, 1.165) is 6.26 Å².